The molecule has 1 saturated carbocycles. The van der Waals surface area contributed by atoms with Gasteiger partial charge in [-0.15, -0.1) is 0 Å². The van der Waals surface area contributed by atoms with E-state index < -0.39 is 5.41 Å². The van der Waals surface area contributed by atoms with Gasteiger partial charge in [-0.3, -0.25) is 14.7 Å². The normalized spacial score (nSPS) is 26.0. The second-order valence-corrected chi connectivity index (χ2v) is 10.4. The van der Waals surface area contributed by atoms with Crippen LogP contribution >= 0.6 is 0 Å². The van der Waals surface area contributed by atoms with Crippen molar-refractivity contribution in [3.05, 3.63) is 29.1 Å². The van der Waals surface area contributed by atoms with Gasteiger partial charge in [0.25, 0.3) is 0 Å². The van der Waals surface area contributed by atoms with E-state index in [-0.39, 0.29) is 11.9 Å². The molecule has 9 nitrogen and oxygen atoms in total. The molecule has 3 aliphatic rings. The monoisotopic (exact) mass is 492 g/mol. The van der Waals surface area contributed by atoms with Gasteiger partial charge in [0.15, 0.2) is 0 Å². The second kappa shape index (κ2) is 10.1. The lowest BCUT2D eigenvalue weighted by Crippen LogP contribution is -2.41. The number of fused-ring (bicyclic) bond motifs is 2. The molecular weight excluding hydrogens is 456 g/mol. The smallest absolute Gasteiger partial charge is 0.217 e. The molecule has 1 aliphatic heterocycles. The molecule has 5 rings (SSSR count). The molecule has 0 amide bonds. The van der Waals surface area contributed by atoms with Gasteiger partial charge in [-0.25, -0.2) is 4.98 Å². The fraction of sp³-hybridized carbons (Fsp3) is 0.593. The SMILES string of the molecule is CN=CC=C(N)c1cc(O[C@@H](C)[C@@H]2CCCN2C)nc(-c2onc3c2CCC[C@@]32CCCCC2=O)n1. The van der Waals surface area contributed by atoms with Gasteiger partial charge in [0.05, 0.1) is 16.8 Å². The van der Waals surface area contributed by atoms with Gasteiger partial charge in [-0.1, -0.05) is 11.6 Å². The molecule has 3 atom stereocenters. The van der Waals surface area contributed by atoms with E-state index in [1.807, 2.05) is 0 Å². The fourth-order valence-corrected chi connectivity index (χ4v) is 6.16. The predicted molar refractivity (Wildman–Crippen MR) is 138 cm³/mol. The molecule has 1 spiro atoms. The van der Waals surface area contributed by atoms with E-state index >= 15 is 0 Å². The Hall–Kier alpha value is -3.07. The van der Waals surface area contributed by atoms with Gasteiger partial charge < -0.3 is 15.0 Å². The summed E-state index contributed by atoms with van der Waals surface area (Å²) in [6, 6.07) is 2.08. The maximum Gasteiger partial charge on any atom is 0.217 e. The molecule has 1 saturated heterocycles. The van der Waals surface area contributed by atoms with Crippen LogP contribution in [0, 0.1) is 0 Å². The van der Waals surface area contributed by atoms with Crippen molar-refractivity contribution in [2.45, 2.75) is 82.3 Å². The molecule has 0 aromatic carbocycles. The maximum absolute atomic E-state index is 13.1. The zero-order valence-electron chi connectivity index (χ0n) is 21.5. The first-order valence-corrected chi connectivity index (χ1v) is 13.1. The van der Waals surface area contributed by atoms with Gasteiger partial charge in [0, 0.05) is 37.4 Å². The van der Waals surface area contributed by atoms with Crippen LogP contribution in [0.1, 0.15) is 75.2 Å². The average molecular weight is 493 g/mol. The number of ether oxygens (including phenoxy) is 1. The summed E-state index contributed by atoms with van der Waals surface area (Å²) in [6.45, 7) is 3.14. The lowest BCUT2D eigenvalue weighted by atomic mass is 9.64. The van der Waals surface area contributed by atoms with E-state index in [0.29, 0.717) is 41.3 Å². The van der Waals surface area contributed by atoms with Crippen molar-refractivity contribution in [2.24, 2.45) is 10.7 Å². The summed E-state index contributed by atoms with van der Waals surface area (Å²) >= 11 is 0. The molecular formula is C27H36N6O3. The highest BCUT2D eigenvalue weighted by Crippen LogP contribution is 2.47. The summed E-state index contributed by atoms with van der Waals surface area (Å²) in [5.74, 6) is 1.62. The van der Waals surface area contributed by atoms with Gasteiger partial charge in [0.2, 0.25) is 17.5 Å². The van der Waals surface area contributed by atoms with Crippen LogP contribution < -0.4 is 10.5 Å². The summed E-state index contributed by atoms with van der Waals surface area (Å²) in [4.78, 5) is 28.9. The Morgan fingerprint density at radius 1 is 1.28 bits per heavy atom. The van der Waals surface area contributed by atoms with E-state index in [1.54, 1.807) is 25.4 Å². The van der Waals surface area contributed by atoms with E-state index in [2.05, 4.69) is 29.0 Å². The third kappa shape index (κ3) is 4.45. The predicted octanol–water partition coefficient (Wildman–Crippen LogP) is 3.71. The van der Waals surface area contributed by atoms with Crippen LogP contribution in [0.4, 0.5) is 0 Å². The van der Waals surface area contributed by atoms with Crippen LogP contribution in [-0.4, -0.2) is 64.8 Å². The van der Waals surface area contributed by atoms with Crippen molar-refractivity contribution in [1.29, 1.82) is 0 Å². The standard InChI is InChI=1S/C27H36N6O3/c1-17(21-9-7-15-33(21)3)35-23-16-20(19(28)11-14-29-2)30-26(31-23)24-18-8-6-13-27(25(18)32-36-24)12-5-4-10-22(27)34/h11,14,16-17,21H,4-10,12-13,15,28H2,1-3H3/t17-,21-,27+/m0/s1. The zero-order chi connectivity index (χ0) is 25.3. The van der Waals surface area contributed by atoms with Gasteiger partial charge >= 0.3 is 0 Å². The van der Waals surface area contributed by atoms with E-state index in [1.165, 1.54) is 0 Å². The number of likely N-dealkylation sites (N-methyl/N-ethyl adjacent to an activating group) is 1. The third-order valence-corrected chi connectivity index (χ3v) is 8.09. The van der Waals surface area contributed by atoms with Crippen molar-refractivity contribution in [3.8, 4) is 17.5 Å². The van der Waals surface area contributed by atoms with Crippen LogP contribution in [0.5, 0.6) is 5.88 Å². The van der Waals surface area contributed by atoms with Gasteiger partial charge in [-0.05, 0) is 71.5 Å². The third-order valence-electron chi connectivity index (χ3n) is 8.09. The molecule has 2 fully saturated rings. The molecule has 0 bridgehead atoms. The molecule has 9 heteroatoms. The largest absolute Gasteiger partial charge is 0.473 e. The molecule has 2 aliphatic carbocycles. The van der Waals surface area contributed by atoms with Crippen LogP contribution in [0.3, 0.4) is 0 Å². The molecule has 0 radical (unpaired) electrons. The molecule has 2 N–H and O–H groups in total. The number of hydrogen-bond acceptors (Lipinski definition) is 9. The van der Waals surface area contributed by atoms with Crippen molar-refractivity contribution >= 4 is 17.7 Å². The Bertz CT molecular complexity index is 1190. The summed E-state index contributed by atoms with van der Waals surface area (Å²) < 4.78 is 12.2. The van der Waals surface area contributed by atoms with Crippen LogP contribution in [-0.2, 0) is 16.6 Å². The molecule has 0 unspecified atom stereocenters. The van der Waals surface area contributed by atoms with Crippen LogP contribution in [0.25, 0.3) is 17.3 Å². The number of likely N-dealkylation sites (tertiary alicyclic amines) is 1. The second-order valence-electron chi connectivity index (χ2n) is 10.4. The van der Waals surface area contributed by atoms with Crippen molar-refractivity contribution in [3.63, 3.8) is 0 Å². The highest BCUT2D eigenvalue weighted by molar-refractivity contribution is 5.91. The minimum atomic E-state index is -0.525. The number of hydrogen-bond donors (Lipinski definition) is 1. The number of aromatic nitrogens is 3. The minimum Gasteiger partial charge on any atom is -0.473 e. The molecule has 36 heavy (non-hydrogen) atoms. The average Bonchev–Trinajstić information content (AvgIpc) is 3.51. The molecule has 192 valence electrons. The number of rotatable bonds is 6. The van der Waals surface area contributed by atoms with E-state index in [4.69, 9.17) is 25.0 Å². The molecule has 3 heterocycles. The zero-order valence-corrected chi connectivity index (χ0v) is 21.5. The summed E-state index contributed by atoms with van der Waals surface area (Å²) in [5.41, 5.74) is 8.53. The van der Waals surface area contributed by atoms with Crippen molar-refractivity contribution in [1.82, 2.24) is 20.0 Å². The number of carbonyl (C=O) groups is 1. The Balaban J connectivity index is 1.55. The number of nitrogens with two attached hydrogens (primary N) is 1. The number of allylic oxidation sites excluding steroid dienone is 1. The topological polar surface area (TPSA) is 120 Å². The van der Waals surface area contributed by atoms with Gasteiger partial charge in [-0.2, -0.15) is 4.98 Å². The van der Waals surface area contributed by atoms with Crippen molar-refractivity contribution in [2.75, 3.05) is 20.6 Å². The number of aliphatic imine (C=N–C) groups is 1. The molecule has 2 aromatic rings. The van der Waals surface area contributed by atoms with E-state index in [9.17, 15) is 4.79 Å². The number of Topliss-reactive ketones (excluding diaryl/α,β-unsaturated/α-hetero) is 1. The Kier molecular flexibility index (Phi) is 6.92. The Morgan fingerprint density at radius 3 is 2.86 bits per heavy atom. The fourth-order valence-electron chi connectivity index (χ4n) is 6.16. The summed E-state index contributed by atoms with van der Waals surface area (Å²) in [6.07, 6.45) is 11.5. The lowest BCUT2D eigenvalue weighted by molar-refractivity contribution is -0.127. The van der Waals surface area contributed by atoms with Crippen LogP contribution in [0.2, 0.25) is 0 Å². The number of nitrogens with zero attached hydrogens (tertiary/aromatic N) is 5. The highest BCUT2D eigenvalue weighted by Gasteiger charge is 2.48. The lowest BCUT2D eigenvalue weighted by Gasteiger charge is -2.37. The number of carbonyl (C=O) groups excluding carboxylic acids is 1. The summed E-state index contributed by atoms with van der Waals surface area (Å²) in [7, 11) is 3.81. The highest BCUT2D eigenvalue weighted by atomic mass is 16.5. The van der Waals surface area contributed by atoms with Crippen LogP contribution in [0.15, 0.2) is 21.7 Å². The maximum atomic E-state index is 13.1. The number of ketones is 1. The first kappa shape index (κ1) is 24.6. The van der Waals surface area contributed by atoms with Gasteiger partial charge in [0.1, 0.15) is 17.6 Å². The molecule has 2 aromatic heterocycles. The quantitative estimate of drug-likeness (QED) is 0.606. The first-order valence-electron chi connectivity index (χ1n) is 13.1. The first-order chi connectivity index (χ1) is 17.4. The van der Waals surface area contributed by atoms with Crippen molar-refractivity contribution < 1.29 is 14.1 Å². The Labute approximate surface area is 212 Å². The van der Waals surface area contributed by atoms with E-state index in [0.717, 1.165) is 69.2 Å². The summed E-state index contributed by atoms with van der Waals surface area (Å²) in [5, 5.41) is 4.46. The minimum absolute atomic E-state index is 0.0534. The Morgan fingerprint density at radius 2 is 2.11 bits per heavy atom.